The van der Waals surface area contributed by atoms with Gasteiger partial charge in [0.2, 0.25) is 5.91 Å². The Labute approximate surface area is 203 Å². The molecule has 0 bridgehead atoms. The molecule has 182 valence electrons. The van der Waals surface area contributed by atoms with Gasteiger partial charge in [-0.2, -0.15) is 0 Å². The summed E-state index contributed by atoms with van der Waals surface area (Å²) in [6.45, 7) is 4.28. The fourth-order valence-electron chi connectivity index (χ4n) is 3.59. The minimum Gasteiger partial charge on any atom is -0.486 e. The van der Waals surface area contributed by atoms with Gasteiger partial charge in [-0.25, -0.2) is 8.42 Å². The molecule has 3 aromatic carbocycles. The number of anilines is 2. The van der Waals surface area contributed by atoms with Crippen LogP contribution in [0.4, 0.5) is 11.4 Å². The summed E-state index contributed by atoms with van der Waals surface area (Å²) in [6.07, 6.45) is 0. The van der Waals surface area contributed by atoms with Crippen molar-refractivity contribution >= 4 is 33.2 Å². The number of carbonyl (C=O) groups is 2. The first kappa shape index (κ1) is 24.1. The number of carbonyl (C=O) groups excluding carboxylic acids is 2. The Kier molecular flexibility index (Phi) is 6.92. The van der Waals surface area contributed by atoms with Crippen LogP contribution in [0.25, 0.3) is 0 Å². The number of amides is 2. The molecule has 0 unspecified atom stereocenters. The van der Waals surface area contributed by atoms with Crippen LogP contribution in [0.5, 0.6) is 11.5 Å². The Balaban J connectivity index is 1.40. The molecule has 1 heterocycles. The molecular formula is C25H25N3O6S. The number of para-hydroxylation sites is 1. The zero-order valence-electron chi connectivity index (χ0n) is 19.3. The van der Waals surface area contributed by atoms with Crippen molar-refractivity contribution in [3.8, 4) is 11.5 Å². The Morgan fingerprint density at radius 2 is 1.57 bits per heavy atom. The van der Waals surface area contributed by atoms with E-state index in [0.29, 0.717) is 30.4 Å². The quantitative estimate of drug-likeness (QED) is 0.463. The van der Waals surface area contributed by atoms with Crippen molar-refractivity contribution in [3.05, 3.63) is 77.4 Å². The Bertz CT molecular complexity index is 1370. The van der Waals surface area contributed by atoms with Crippen LogP contribution < -0.4 is 24.8 Å². The summed E-state index contributed by atoms with van der Waals surface area (Å²) in [6, 6.07) is 16.0. The third kappa shape index (κ3) is 5.72. The first-order valence-corrected chi connectivity index (χ1v) is 12.4. The number of hydrogen-bond donors (Lipinski definition) is 3. The first-order valence-electron chi connectivity index (χ1n) is 10.9. The molecule has 10 heteroatoms. The van der Waals surface area contributed by atoms with Crippen LogP contribution in [0.1, 0.15) is 21.5 Å². The Hall–Kier alpha value is -4.05. The fourth-order valence-corrected chi connectivity index (χ4v) is 4.65. The molecule has 35 heavy (non-hydrogen) atoms. The van der Waals surface area contributed by atoms with Gasteiger partial charge >= 0.3 is 0 Å². The zero-order valence-corrected chi connectivity index (χ0v) is 20.1. The van der Waals surface area contributed by atoms with E-state index in [2.05, 4.69) is 15.4 Å². The van der Waals surface area contributed by atoms with Crippen LogP contribution in [0.3, 0.4) is 0 Å². The molecule has 3 N–H and O–H groups in total. The molecule has 0 radical (unpaired) electrons. The lowest BCUT2D eigenvalue weighted by Gasteiger charge is -2.19. The smallest absolute Gasteiger partial charge is 0.262 e. The van der Waals surface area contributed by atoms with E-state index >= 15 is 0 Å². The van der Waals surface area contributed by atoms with E-state index in [1.807, 2.05) is 32.0 Å². The first-order chi connectivity index (χ1) is 16.7. The van der Waals surface area contributed by atoms with Gasteiger partial charge in [-0.1, -0.05) is 24.3 Å². The van der Waals surface area contributed by atoms with Gasteiger partial charge < -0.3 is 20.1 Å². The number of aryl methyl sites for hydroxylation is 2. The topological polar surface area (TPSA) is 123 Å². The predicted octanol–water partition coefficient (Wildman–Crippen LogP) is 3.24. The summed E-state index contributed by atoms with van der Waals surface area (Å²) in [4.78, 5) is 24.9. The number of benzene rings is 3. The second-order valence-electron chi connectivity index (χ2n) is 7.99. The summed E-state index contributed by atoms with van der Waals surface area (Å²) >= 11 is 0. The monoisotopic (exact) mass is 495 g/mol. The van der Waals surface area contributed by atoms with Crippen LogP contribution in [-0.2, 0) is 14.8 Å². The molecule has 4 rings (SSSR count). The average Bonchev–Trinajstić information content (AvgIpc) is 2.84. The molecule has 3 aromatic rings. The number of nitrogens with one attached hydrogen (secondary N) is 3. The van der Waals surface area contributed by atoms with Crippen LogP contribution in [0.2, 0.25) is 0 Å². The molecule has 2 amide bonds. The van der Waals surface area contributed by atoms with E-state index in [9.17, 15) is 18.0 Å². The SMILES string of the molecule is Cc1cccc(C)c1NC(=O)CNC(=O)c1cccc(NS(=O)(=O)c2ccc3c(c2)OCCO3)c1. The lowest BCUT2D eigenvalue weighted by atomic mass is 10.1. The van der Waals surface area contributed by atoms with Gasteiger partial charge in [-0.05, 0) is 55.3 Å². The van der Waals surface area contributed by atoms with Gasteiger partial charge in [0, 0.05) is 23.0 Å². The molecule has 1 aliphatic heterocycles. The van der Waals surface area contributed by atoms with Crippen LogP contribution in [0, 0.1) is 13.8 Å². The largest absolute Gasteiger partial charge is 0.486 e. The molecule has 0 saturated carbocycles. The van der Waals surface area contributed by atoms with E-state index < -0.39 is 15.9 Å². The molecule has 0 aliphatic carbocycles. The number of fused-ring (bicyclic) bond motifs is 1. The zero-order chi connectivity index (χ0) is 25.0. The van der Waals surface area contributed by atoms with E-state index in [0.717, 1.165) is 11.1 Å². The van der Waals surface area contributed by atoms with Gasteiger partial charge in [-0.3, -0.25) is 14.3 Å². The lowest BCUT2D eigenvalue weighted by Crippen LogP contribution is -2.33. The lowest BCUT2D eigenvalue weighted by molar-refractivity contribution is -0.115. The van der Waals surface area contributed by atoms with Crippen molar-refractivity contribution in [1.82, 2.24) is 5.32 Å². The normalized spacial score (nSPS) is 12.5. The number of rotatable bonds is 7. The highest BCUT2D eigenvalue weighted by Crippen LogP contribution is 2.32. The summed E-state index contributed by atoms with van der Waals surface area (Å²) in [5.74, 6) is -0.0461. The Morgan fingerprint density at radius 3 is 2.31 bits per heavy atom. The van der Waals surface area contributed by atoms with Gasteiger partial charge in [-0.15, -0.1) is 0 Å². The molecule has 0 atom stereocenters. The van der Waals surface area contributed by atoms with Crippen LogP contribution in [0.15, 0.2) is 65.6 Å². The standard InChI is InChI=1S/C25H25N3O6S/c1-16-5-3-6-17(2)24(16)27-23(29)15-26-25(30)18-7-4-8-19(13-18)28-35(31,32)20-9-10-21-22(14-20)34-12-11-33-21/h3-10,13-14,28H,11-12,15H2,1-2H3,(H,26,30)(H,27,29). The summed E-state index contributed by atoms with van der Waals surface area (Å²) in [5, 5.41) is 5.36. The maximum Gasteiger partial charge on any atom is 0.262 e. The maximum absolute atomic E-state index is 12.9. The third-order valence-electron chi connectivity index (χ3n) is 5.36. The van der Waals surface area contributed by atoms with Crippen molar-refractivity contribution in [1.29, 1.82) is 0 Å². The van der Waals surface area contributed by atoms with E-state index in [1.165, 1.54) is 36.4 Å². The second-order valence-corrected chi connectivity index (χ2v) is 9.67. The van der Waals surface area contributed by atoms with E-state index in [-0.39, 0.29) is 28.6 Å². The van der Waals surface area contributed by atoms with Crippen molar-refractivity contribution in [2.24, 2.45) is 0 Å². The third-order valence-corrected chi connectivity index (χ3v) is 6.73. The summed E-state index contributed by atoms with van der Waals surface area (Å²) in [7, 11) is -3.94. The molecule has 0 aromatic heterocycles. The highest BCUT2D eigenvalue weighted by atomic mass is 32.2. The maximum atomic E-state index is 12.9. The van der Waals surface area contributed by atoms with Crippen LogP contribution >= 0.6 is 0 Å². The van der Waals surface area contributed by atoms with Gasteiger partial charge in [0.1, 0.15) is 13.2 Å². The summed E-state index contributed by atoms with van der Waals surface area (Å²) < 4.78 is 39.0. The van der Waals surface area contributed by atoms with Crippen molar-refractivity contribution in [2.75, 3.05) is 29.8 Å². The average molecular weight is 496 g/mol. The number of hydrogen-bond acceptors (Lipinski definition) is 6. The summed E-state index contributed by atoms with van der Waals surface area (Å²) in [5.41, 5.74) is 2.95. The fraction of sp³-hybridized carbons (Fsp3) is 0.200. The molecule has 0 saturated heterocycles. The Morgan fingerprint density at radius 1 is 0.886 bits per heavy atom. The molecule has 0 spiro atoms. The minimum atomic E-state index is -3.94. The highest BCUT2D eigenvalue weighted by molar-refractivity contribution is 7.92. The molecule has 0 fully saturated rings. The predicted molar refractivity (Wildman–Crippen MR) is 132 cm³/mol. The minimum absolute atomic E-state index is 0.000209. The van der Waals surface area contributed by atoms with Crippen molar-refractivity contribution < 1.29 is 27.5 Å². The van der Waals surface area contributed by atoms with E-state index in [1.54, 1.807) is 6.07 Å². The van der Waals surface area contributed by atoms with Crippen molar-refractivity contribution in [3.63, 3.8) is 0 Å². The number of ether oxygens (including phenoxy) is 2. The number of sulfonamides is 1. The highest BCUT2D eigenvalue weighted by Gasteiger charge is 2.20. The van der Waals surface area contributed by atoms with Crippen LogP contribution in [-0.4, -0.2) is 40.0 Å². The van der Waals surface area contributed by atoms with Crippen molar-refractivity contribution in [2.45, 2.75) is 18.7 Å². The van der Waals surface area contributed by atoms with Gasteiger partial charge in [0.05, 0.1) is 11.4 Å². The second kappa shape index (κ2) is 10.1. The molecule has 9 nitrogen and oxygen atoms in total. The molecule has 1 aliphatic rings. The van der Waals surface area contributed by atoms with E-state index in [4.69, 9.17) is 9.47 Å². The molecular weight excluding hydrogens is 470 g/mol. The van der Waals surface area contributed by atoms with Gasteiger partial charge in [0.25, 0.3) is 15.9 Å². The van der Waals surface area contributed by atoms with Gasteiger partial charge in [0.15, 0.2) is 11.5 Å².